The molecule has 2 aromatic carbocycles. The Morgan fingerprint density at radius 1 is 1.25 bits per heavy atom. The van der Waals surface area contributed by atoms with Crippen molar-refractivity contribution in [3.8, 4) is 0 Å². The summed E-state index contributed by atoms with van der Waals surface area (Å²) in [5.41, 5.74) is 1.63. The summed E-state index contributed by atoms with van der Waals surface area (Å²) in [6, 6.07) is 11.4. The number of nitro groups is 1. The highest BCUT2D eigenvalue weighted by Gasteiger charge is 2.32. The van der Waals surface area contributed by atoms with Gasteiger partial charge in [-0.2, -0.15) is 4.31 Å². The average molecular weight is 459 g/mol. The number of piperidine rings is 1. The van der Waals surface area contributed by atoms with Crippen LogP contribution in [-0.2, 0) is 14.8 Å². The fourth-order valence-electron chi connectivity index (χ4n) is 4.40. The molecule has 0 bridgehead atoms. The Hall–Kier alpha value is -2.98. The van der Waals surface area contributed by atoms with Gasteiger partial charge >= 0.3 is 0 Å². The van der Waals surface area contributed by atoms with E-state index >= 15 is 0 Å². The lowest BCUT2D eigenvalue weighted by Gasteiger charge is -2.30. The molecule has 32 heavy (non-hydrogen) atoms. The van der Waals surface area contributed by atoms with Crippen molar-refractivity contribution in [3.63, 3.8) is 0 Å². The molecule has 2 heterocycles. The standard InChI is InChI=1S/C22H26N4O5S/c1-15-5-4-12-25(14-15)32(30,31)16-8-9-20(21(13-16)26(28)29)23-11-10-18-17-6-2-3-7-19(17)24-22(18)27/h2-3,6-9,13,15,18,23H,4-5,10-12,14H2,1H3,(H,24,27). The fraction of sp³-hybridized carbons (Fsp3) is 0.409. The third-order valence-electron chi connectivity index (χ3n) is 6.08. The number of nitrogens with one attached hydrogen (secondary N) is 2. The summed E-state index contributed by atoms with van der Waals surface area (Å²) in [6.07, 6.45) is 2.20. The molecule has 0 radical (unpaired) electrons. The molecule has 2 aliphatic rings. The Bertz CT molecular complexity index is 1150. The van der Waals surface area contributed by atoms with Gasteiger partial charge in [0.05, 0.1) is 15.7 Å². The van der Waals surface area contributed by atoms with Crippen molar-refractivity contribution in [2.45, 2.75) is 37.0 Å². The van der Waals surface area contributed by atoms with Crippen LogP contribution in [0.5, 0.6) is 0 Å². The number of rotatable bonds is 7. The van der Waals surface area contributed by atoms with Gasteiger partial charge in [0, 0.05) is 31.4 Å². The van der Waals surface area contributed by atoms with Crippen molar-refractivity contribution in [2.24, 2.45) is 5.92 Å². The van der Waals surface area contributed by atoms with E-state index in [1.165, 1.54) is 16.4 Å². The van der Waals surface area contributed by atoms with E-state index in [0.717, 1.165) is 30.2 Å². The molecule has 2 unspecified atom stereocenters. The molecule has 2 aliphatic heterocycles. The maximum Gasteiger partial charge on any atom is 0.293 e. The molecule has 2 aromatic rings. The average Bonchev–Trinajstić information content (AvgIpc) is 3.09. The number of hydrogen-bond donors (Lipinski definition) is 2. The minimum absolute atomic E-state index is 0.0760. The number of benzene rings is 2. The first-order valence-electron chi connectivity index (χ1n) is 10.7. The van der Waals surface area contributed by atoms with E-state index in [9.17, 15) is 23.3 Å². The van der Waals surface area contributed by atoms with Gasteiger partial charge in [-0.15, -0.1) is 0 Å². The number of nitro benzene ring substituents is 1. The Morgan fingerprint density at radius 2 is 2.03 bits per heavy atom. The lowest BCUT2D eigenvalue weighted by molar-refractivity contribution is -0.384. The lowest BCUT2D eigenvalue weighted by Crippen LogP contribution is -2.39. The molecule has 0 saturated carbocycles. The van der Waals surface area contributed by atoms with Crippen molar-refractivity contribution in [1.29, 1.82) is 0 Å². The lowest BCUT2D eigenvalue weighted by atomic mass is 9.97. The maximum absolute atomic E-state index is 13.0. The molecular formula is C22H26N4O5S. The highest BCUT2D eigenvalue weighted by atomic mass is 32.2. The summed E-state index contributed by atoms with van der Waals surface area (Å²) in [4.78, 5) is 23.3. The first-order chi connectivity index (χ1) is 15.3. The molecule has 0 aliphatic carbocycles. The van der Waals surface area contributed by atoms with Crippen LogP contribution in [0.2, 0.25) is 0 Å². The monoisotopic (exact) mass is 458 g/mol. The van der Waals surface area contributed by atoms with Crippen LogP contribution in [0.15, 0.2) is 47.4 Å². The summed E-state index contributed by atoms with van der Waals surface area (Å²) >= 11 is 0. The zero-order chi connectivity index (χ0) is 22.9. The predicted molar refractivity (Wildman–Crippen MR) is 121 cm³/mol. The number of nitrogens with zero attached hydrogens (tertiary/aromatic N) is 2. The summed E-state index contributed by atoms with van der Waals surface area (Å²) in [5, 5.41) is 17.5. The van der Waals surface area contributed by atoms with Crippen molar-refractivity contribution >= 4 is 33.0 Å². The molecular weight excluding hydrogens is 432 g/mol. The summed E-state index contributed by atoms with van der Waals surface area (Å²) < 4.78 is 27.4. The second kappa shape index (κ2) is 8.87. The van der Waals surface area contributed by atoms with E-state index in [1.54, 1.807) is 0 Å². The molecule has 9 nitrogen and oxygen atoms in total. The molecule has 0 aromatic heterocycles. The van der Waals surface area contributed by atoms with Crippen LogP contribution in [-0.4, -0.2) is 43.2 Å². The minimum Gasteiger partial charge on any atom is -0.379 e. The van der Waals surface area contributed by atoms with Crippen molar-refractivity contribution in [3.05, 3.63) is 58.1 Å². The van der Waals surface area contributed by atoms with E-state index in [1.807, 2.05) is 31.2 Å². The van der Waals surface area contributed by atoms with Crippen LogP contribution < -0.4 is 10.6 Å². The third kappa shape index (κ3) is 4.33. The van der Waals surface area contributed by atoms with Crippen LogP contribution >= 0.6 is 0 Å². The van der Waals surface area contributed by atoms with Gasteiger partial charge in [0.25, 0.3) is 5.69 Å². The normalized spacial score (nSPS) is 21.1. The fourth-order valence-corrected chi connectivity index (χ4v) is 6.02. The number of sulfonamides is 1. The van der Waals surface area contributed by atoms with E-state index in [-0.39, 0.29) is 34.0 Å². The van der Waals surface area contributed by atoms with E-state index in [2.05, 4.69) is 10.6 Å². The van der Waals surface area contributed by atoms with Crippen LogP contribution in [0.3, 0.4) is 0 Å². The molecule has 0 spiro atoms. The number of hydrogen-bond acceptors (Lipinski definition) is 6. The smallest absolute Gasteiger partial charge is 0.293 e. The van der Waals surface area contributed by atoms with Crippen molar-refractivity contribution < 1.29 is 18.1 Å². The predicted octanol–water partition coefficient (Wildman–Crippen LogP) is 3.55. The molecule has 1 fully saturated rings. The van der Waals surface area contributed by atoms with Crippen LogP contribution in [0.25, 0.3) is 0 Å². The number of anilines is 2. The van der Waals surface area contributed by atoms with Gasteiger partial charge in [-0.3, -0.25) is 14.9 Å². The largest absolute Gasteiger partial charge is 0.379 e. The Kier molecular flexibility index (Phi) is 6.16. The highest BCUT2D eigenvalue weighted by molar-refractivity contribution is 7.89. The first kappa shape index (κ1) is 22.2. The SMILES string of the molecule is CC1CCCN(S(=O)(=O)c2ccc(NCCC3C(=O)Nc4ccccc43)c([N+](=O)[O-])c2)C1. The summed E-state index contributed by atoms with van der Waals surface area (Å²) in [7, 11) is -3.79. The highest BCUT2D eigenvalue weighted by Crippen LogP contribution is 2.35. The van der Waals surface area contributed by atoms with E-state index in [4.69, 9.17) is 0 Å². The summed E-state index contributed by atoms with van der Waals surface area (Å²) in [6.45, 7) is 3.16. The Morgan fingerprint density at radius 3 is 2.78 bits per heavy atom. The van der Waals surface area contributed by atoms with Crippen LogP contribution in [0, 0.1) is 16.0 Å². The van der Waals surface area contributed by atoms with Gasteiger partial charge in [0.2, 0.25) is 15.9 Å². The third-order valence-corrected chi connectivity index (χ3v) is 7.94. The zero-order valence-electron chi connectivity index (χ0n) is 17.8. The van der Waals surface area contributed by atoms with Crippen molar-refractivity contribution in [1.82, 2.24) is 4.31 Å². The number of fused-ring (bicyclic) bond motifs is 1. The number of amides is 1. The van der Waals surface area contributed by atoms with Gasteiger partial charge in [0.1, 0.15) is 5.69 Å². The van der Waals surface area contributed by atoms with Crippen LogP contribution in [0.1, 0.15) is 37.7 Å². The number of para-hydroxylation sites is 1. The Labute approximate surface area is 187 Å². The quantitative estimate of drug-likeness (QED) is 0.483. The van der Waals surface area contributed by atoms with Gasteiger partial charge in [-0.25, -0.2) is 8.42 Å². The molecule has 1 saturated heterocycles. The molecule has 170 valence electrons. The molecule has 2 atom stereocenters. The molecule has 4 rings (SSSR count). The second-order valence-electron chi connectivity index (χ2n) is 8.39. The Balaban J connectivity index is 1.49. The number of carbonyl (C=O) groups excluding carboxylic acids is 1. The van der Waals surface area contributed by atoms with E-state index in [0.29, 0.717) is 26.1 Å². The minimum atomic E-state index is -3.79. The molecule has 10 heteroatoms. The van der Waals surface area contributed by atoms with Gasteiger partial charge in [-0.05, 0) is 48.9 Å². The van der Waals surface area contributed by atoms with Gasteiger partial charge < -0.3 is 10.6 Å². The topological polar surface area (TPSA) is 122 Å². The van der Waals surface area contributed by atoms with E-state index < -0.39 is 14.9 Å². The molecule has 2 N–H and O–H groups in total. The summed E-state index contributed by atoms with van der Waals surface area (Å²) in [5.74, 6) is -0.175. The van der Waals surface area contributed by atoms with Gasteiger partial charge in [-0.1, -0.05) is 25.1 Å². The zero-order valence-corrected chi connectivity index (χ0v) is 18.6. The molecule has 1 amide bonds. The van der Waals surface area contributed by atoms with Crippen LogP contribution in [0.4, 0.5) is 17.1 Å². The maximum atomic E-state index is 13.0. The second-order valence-corrected chi connectivity index (χ2v) is 10.3. The number of carbonyl (C=O) groups is 1. The first-order valence-corrected chi connectivity index (χ1v) is 12.1. The van der Waals surface area contributed by atoms with Gasteiger partial charge in [0.15, 0.2) is 0 Å². The van der Waals surface area contributed by atoms with Crippen molar-refractivity contribution in [2.75, 3.05) is 30.3 Å².